The van der Waals surface area contributed by atoms with Gasteiger partial charge in [-0.1, -0.05) is 25.1 Å². The molecule has 4 N–H and O–H groups in total. The van der Waals surface area contributed by atoms with Crippen LogP contribution in [0.5, 0.6) is 0 Å². The zero-order valence-electron chi connectivity index (χ0n) is 17.4. The molecule has 1 aromatic heterocycles. The first-order valence-corrected chi connectivity index (χ1v) is 11.3. The molecule has 8 nitrogen and oxygen atoms in total. The van der Waals surface area contributed by atoms with Gasteiger partial charge in [0.1, 0.15) is 5.82 Å². The summed E-state index contributed by atoms with van der Waals surface area (Å²) in [7, 11) is -3.95. The van der Waals surface area contributed by atoms with Crippen molar-refractivity contribution in [1.29, 1.82) is 0 Å². The normalized spacial score (nSPS) is 11.6. The van der Waals surface area contributed by atoms with Gasteiger partial charge in [-0.3, -0.25) is 0 Å². The van der Waals surface area contributed by atoms with Crippen molar-refractivity contribution < 1.29 is 13.2 Å². The van der Waals surface area contributed by atoms with E-state index in [4.69, 9.17) is 10.7 Å². The lowest BCUT2D eigenvalue weighted by Crippen LogP contribution is -2.40. The van der Waals surface area contributed by atoms with Crippen LogP contribution in [-0.4, -0.2) is 30.5 Å². The number of rotatable bonds is 7. The molecule has 0 fully saturated rings. The summed E-state index contributed by atoms with van der Waals surface area (Å²) in [5, 5.41) is 2.61. The highest BCUT2D eigenvalue weighted by molar-refractivity contribution is 7.90. The number of amides is 2. The summed E-state index contributed by atoms with van der Waals surface area (Å²) < 4.78 is 28.8. The van der Waals surface area contributed by atoms with E-state index in [-0.39, 0.29) is 11.4 Å². The smallest absolute Gasteiger partial charge is 0.328 e. The second-order valence-electron chi connectivity index (χ2n) is 7.12. The number of hydrogen-bond acceptors (Lipinski definition) is 5. The van der Waals surface area contributed by atoms with E-state index >= 15 is 0 Å². The number of nitrogens with one attached hydrogen (secondary N) is 2. The van der Waals surface area contributed by atoms with Crippen LogP contribution in [0, 0.1) is 13.8 Å². The topological polar surface area (TPSA) is 119 Å². The minimum atomic E-state index is -3.95. The molecular weight excluding hydrogens is 402 g/mol. The lowest BCUT2D eigenvalue weighted by molar-refractivity contribution is 0.245. The molecule has 3 aromatic rings. The fraction of sp³-hybridized carbons (Fsp3) is 0.333. The van der Waals surface area contributed by atoms with Gasteiger partial charge in [-0.25, -0.2) is 22.9 Å². The van der Waals surface area contributed by atoms with Gasteiger partial charge in [0, 0.05) is 26.1 Å². The number of fused-ring (bicyclic) bond motifs is 1. The Morgan fingerprint density at radius 1 is 1.13 bits per heavy atom. The summed E-state index contributed by atoms with van der Waals surface area (Å²) in [5.41, 5.74) is 10.6. The van der Waals surface area contributed by atoms with E-state index in [0.29, 0.717) is 13.1 Å². The van der Waals surface area contributed by atoms with Gasteiger partial charge < -0.3 is 15.6 Å². The maximum Gasteiger partial charge on any atom is 0.328 e. The molecule has 0 unspecified atom stereocenters. The predicted molar refractivity (Wildman–Crippen MR) is 117 cm³/mol. The standard InChI is InChI=1S/C21H27N5O3S/c1-4-19-24-20-15(3)14(2)5-10-18(20)26(19)12-11-23-21(27)25-30(28,29)17-8-6-16(13-22)7-9-17/h5-10H,4,11-13,22H2,1-3H3,(H2,23,25,27). The zero-order chi connectivity index (χ0) is 21.9. The van der Waals surface area contributed by atoms with Gasteiger partial charge in [0.25, 0.3) is 10.0 Å². The van der Waals surface area contributed by atoms with Crippen molar-refractivity contribution >= 4 is 27.1 Å². The third-order valence-electron chi connectivity index (χ3n) is 5.16. The number of carbonyl (C=O) groups excluding carboxylic acids is 1. The van der Waals surface area contributed by atoms with Gasteiger partial charge >= 0.3 is 6.03 Å². The molecule has 0 bridgehead atoms. The number of nitrogens with two attached hydrogens (primary N) is 1. The summed E-state index contributed by atoms with van der Waals surface area (Å²) in [4.78, 5) is 16.9. The van der Waals surface area contributed by atoms with Crippen LogP contribution < -0.4 is 15.8 Å². The van der Waals surface area contributed by atoms with E-state index in [9.17, 15) is 13.2 Å². The van der Waals surface area contributed by atoms with Crippen LogP contribution in [0.2, 0.25) is 0 Å². The van der Waals surface area contributed by atoms with Crippen molar-refractivity contribution in [3.63, 3.8) is 0 Å². The number of aromatic nitrogens is 2. The van der Waals surface area contributed by atoms with Crippen molar-refractivity contribution in [3.05, 3.63) is 58.9 Å². The number of nitrogens with zero attached hydrogens (tertiary/aromatic N) is 2. The average molecular weight is 430 g/mol. The van der Waals surface area contributed by atoms with Crippen molar-refractivity contribution in [2.45, 2.75) is 45.2 Å². The Kier molecular flexibility index (Phi) is 6.42. The number of urea groups is 1. The van der Waals surface area contributed by atoms with Crippen molar-refractivity contribution in [1.82, 2.24) is 19.6 Å². The maximum atomic E-state index is 12.4. The average Bonchev–Trinajstić information content (AvgIpc) is 3.09. The number of imidazole rings is 1. The molecule has 0 saturated heterocycles. The fourth-order valence-electron chi connectivity index (χ4n) is 3.30. The Morgan fingerprint density at radius 2 is 1.83 bits per heavy atom. The highest BCUT2D eigenvalue weighted by Gasteiger charge is 2.18. The molecule has 1 heterocycles. The van der Waals surface area contributed by atoms with Crippen molar-refractivity contribution in [2.24, 2.45) is 5.73 Å². The Hall–Kier alpha value is -2.91. The second kappa shape index (κ2) is 8.85. The summed E-state index contributed by atoms with van der Waals surface area (Å²) in [5.74, 6) is 0.925. The van der Waals surface area contributed by atoms with E-state index in [1.54, 1.807) is 12.1 Å². The van der Waals surface area contributed by atoms with Crippen LogP contribution in [-0.2, 0) is 29.5 Å². The van der Waals surface area contributed by atoms with E-state index in [2.05, 4.69) is 22.9 Å². The third-order valence-corrected chi connectivity index (χ3v) is 6.50. The Balaban J connectivity index is 1.66. The number of sulfonamides is 1. The fourth-order valence-corrected chi connectivity index (χ4v) is 4.22. The molecule has 2 aromatic carbocycles. The molecule has 0 spiro atoms. The largest absolute Gasteiger partial charge is 0.336 e. The SMILES string of the molecule is CCc1nc2c(C)c(C)ccc2n1CCNC(=O)NS(=O)(=O)c1ccc(CN)cc1. The summed E-state index contributed by atoms with van der Waals surface area (Å²) in [6.45, 7) is 7.19. The molecule has 0 aliphatic carbocycles. The Morgan fingerprint density at radius 3 is 2.47 bits per heavy atom. The zero-order valence-corrected chi connectivity index (χ0v) is 18.2. The van der Waals surface area contributed by atoms with Crippen molar-refractivity contribution in [2.75, 3.05) is 6.54 Å². The van der Waals surface area contributed by atoms with Gasteiger partial charge in [-0.2, -0.15) is 0 Å². The molecule has 0 aliphatic heterocycles. The van der Waals surface area contributed by atoms with Crippen LogP contribution in [0.15, 0.2) is 41.3 Å². The molecule has 0 radical (unpaired) electrons. The Labute approximate surface area is 176 Å². The molecule has 160 valence electrons. The summed E-state index contributed by atoms with van der Waals surface area (Å²) in [6, 6.07) is 9.39. The van der Waals surface area contributed by atoms with Crippen LogP contribution in [0.1, 0.15) is 29.4 Å². The second-order valence-corrected chi connectivity index (χ2v) is 8.80. The number of carbonyl (C=O) groups is 1. The first kappa shape index (κ1) is 21.8. The van der Waals surface area contributed by atoms with Crippen LogP contribution in [0.25, 0.3) is 11.0 Å². The molecular formula is C21H27N5O3S. The quantitative estimate of drug-likeness (QED) is 0.533. The third kappa shape index (κ3) is 4.47. The van der Waals surface area contributed by atoms with Crippen LogP contribution >= 0.6 is 0 Å². The first-order chi connectivity index (χ1) is 14.3. The molecule has 0 saturated carbocycles. The summed E-state index contributed by atoms with van der Waals surface area (Å²) in [6.07, 6.45) is 0.756. The number of aryl methyl sites for hydroxylation is 3. The maximum absolute atomic E-state index is 12.4. The molecule has 0 aliphatic rings. The van der Waals surface area contributed by atoms with E-state index in [1.807, 2.05) is 24.6 Å². The monoisotopic (exact) mass is 429 g/mol. The molecule has 30 heavy (non-hydrogen) atoms. The van der Waals surface area contributed by atoms with E-state index in [1.165, 1.54) is 17.7 Å². The minimum Gasteiger partial charge on any atom is -0.336 e. The van der Waals surface area contributed by atoms with Gasteiger partial charge in [0.15, 0.2) is 0 Å². The van der Waals surface area contributed by atoms with Crippen LogP contribution in [0.3, 0.4) is 0 Å². The highest BCUT2D eigenvalue weighted by atomic mass is 32.2. The van der Waals surface area contributed by atoms with Gasteiger partial charge in [0.2, 0.25) is 0 Å². The predicted octanol–water partition coefficient (Wildman–Crippen LogP) is 2.36. The van der Waals surface area contributed by atoms with Gasteiger partial charge in [-0.15, -0.1) is 0 Å². The van der Waals surface area contributed by atoms with E-state index in [0.717, 1.165) is 34.4 Å². The highest BCUT2D eigenvalue weighted by Crippen LogP contribution is 2.22. The lowest BCUT2D eigenvalue weighted by atomic mass is 10.1. The molecule has 0 atom stereocenters. The van der Waals surface area contributed by atoms with Crippen molar-refractivity contribution in [3.8, 4) is 0 Å². The molecule has 3 rings (SSSR count). The first-order valence-electron chi connectivity index (χ1n) is 9.81. The molecule has 9 heteroatoms. The number of hydrogen-bond donors (Lipinski definition) is 3. The molecule has 2 amide bonds. The summed E-state index contributed by atoms with van der Waals surface area (Å²) >= 11 is 0. The van der Waals surface area contributed by atoms with Gasteiger partial charge in [-0.05, 0) is 48.7 Å². The lowest BCUT2D eigenvalue weighted by Gasteiger charge is -2.11. The van der Waals surface area contributed by atoms with E-state index < -0.39 is 16.1 Å². The number of benzene rings is 2. The van der Waals surface area contributed by atoms with Gasteiger partial charge in [0.05, 0.1) is 15.9 Å². The Bertz CT molecular complexity index is 1170. The minimum absolute atomic E-state index is 0.00886. The van der Waals surface area contributed by atoms with Crippen LogP contribution in [0.4, 0.5) is 4.79 Å².